The minimum Gasteiger partial charge on any atom is -0.347 e. The third kappa shape index (κ3) is 5.26. The maximum Gasteiger partial charge on any atom is 0.244 e. The summed E-state index contributed by atoms with van der Waals surface area (Å²) in [4.78, 5) is 13.0. The fraction of sp³-hybridized carbons (Fsp3) is 0.381. The zero-order chi connectivity index (χ0) is 21.1. The number of hydrogen-bond donors (Lipinski definition) is 1. The first-order chi connectivity index (χ1) is 13.0. The zero-order valence-electron chi connectivity index (χ0n) is 16.9. The number of nitrogens with zero attached hydrogens (tertiary/aromatic N) is 1. The quantitative estimate of drug-likeness (QED) is 0.720. The van der Waals surface area contributed by atoms with Crippen LogP contribution in [-0.4, -0.2) is 26.6 Å². The molecule has 0 aliphatic rings. The molecule has 5 nitrogen and oxygen atoms in total. The second-order valence-electron chi connectivity index (χ2n) is 7.04. The van der Waals surface area contributed by atoms with Crippen LogP contribution < -0.4 is 9.62 Å². The van der Waals surface area contributed by atoms with Crippen molar-refractivity contribution in [3.8, 4) is 0 Å². The predicted molar refractivity (Wildman–Crippen MR) is 115 cm³/mol. The molecule has 0 unspecified atom stereocenters. The van der Waals surface area contributed by atoms with Crippen molar-refractivity contribution in [1.29, 1.82) is 0 Å². The molecule has 0 aliphatic heterocycles. The van der Waals surface area contributed by atoms with E-state index >= 15 is 0 Å². The van der Waals surface area contributed by atoms with Gasteiger partial charge in [-0.15, -0.1) is 0 Å². The number of sulfonamides is 1. The van der Waals surface area contributed by atoms with Crippen LogP contribution >= 0.6 is 11.6 Å². The van der Waals surface area contributed by atoms with Gasteiger partial charge in [0.05, 0.1) is 18.0 Å². The van der Waals surface area contributed by atoms with E-state index in [0.717, 1.165) is 27.3 Å². The van der Waals surface area contributed by atoms with Gasteiger partial charge in [0.25, 0.3) is 0 Å². The van der Waals surface area contributed by atoms with Gasteiger partial charge in [-0.05, 0) is 56.5 Å². The summed E-state index contributed by atoms with van der Waals surface area (Å²) in [6.45, 7) is 7.59. The van der Waals surface area contributed by atoms with Crippen molar-refractivity contribution in [1.82, 2.24) is 5.32 Å². The van der Waals surface area contributed by atoms with Crippen LogP contribution in [0.5, 0.6) is 0 Å². The number of rotatable bonds is 7. The Kier molecular flexibility index (Phi) is 7.12. The second-order valence-corrected chi connectivity index (χ2v) is 9.34. The van der Waals surface area contributed by atoms with E-state index in [-0.39, 0.29) is 11.9 Å². The van der Waals surface area contributed by atoms with Crippen molar-refractivity contribution in [2.24, 2.45) is 0 Å². The molecule has 2 atom stereocenters. The van der Waals surface area contributed by atoms with Crippen LogP contribution in [0.25, 0.3) is 0 Å². The van der Waals surface area contributed by atoms with Gasteiger partial charge >= 0.3 is 0 Å². The summed E-state index contributed by atoms with van der Waals surface area (Å²) in [7, 11) is -3.69. The van der Waals surface area contributed by atoms with E-state index in [1.165, 1.54) is 6.07 Å². The lowest BCUT2D eigenvalue weighted by Gasteiger charge is -2.30. The first-order valence-corrected chi connectivity index (χ1v) is 11.4. The van der Waals surface area contributed by atoms with Crippen LogP contribution in [0, 0.1) is 13.8 Å². The average molecular weight is 423 g/mol. The van der Waals surface area contributed by atoms with Crippen LogP contribution in [0.1, 0.15) is 43.0 Å². The molecule has 1 N–H and O–H groups in total. The standard InChI is InChI=1S/C21H27ClN2O3S/c1-6-20(19-11-10-14(2)12-15(19)3)23-21(25)16(4)24(28(5,26)27)18-9-7-8-17(22)13-18/h7-13,16,20H,6H2,1-5H3,(H,23,25)/t16-,20+/m0/s1. The molecular formula is C21H27ClN2O3S. The zero-order valence-corrected chi connectivity index (χ0v) is 18.4. The highest BCUT2D eigenvalue weighted by molar-refractivity contribution is 7.92. The summed E-state index contributed by atoms with van der Waals surface area (Å²) in [5.74, 6) is -0.364. The Hall–Kier alpha value is -2.05. The molecule has 0 saturated heterocycles. The van der Waals surface area contributed by atoms with Crippen LogP contribution in [0.3, 0.4) is 0 Å². The summed E-state index contributed by atoms with van der Waals surface area (Å²) < 4.78 is 25.9. The fourth-order valence-corrected chi connectivity index (χ4v) is 4.68. The summed E-state index contributed by atoms with van der Waals surface area (Å²) in [6.07, 6.45) is 1.78. The first kappa shape index (κ1) is 22.2. The summed E-state index contributed by atoms with van der Waals surface area (Å²) in [6, 6.07) is 11.4. The van der Waals surface area contributed by atoms with E-state index < -0.39 is 16.1 Å². The molecule has 0 radical (unpaired) electrons. The molecule has 0 aromatic heterocycles. The Morgan fingerprint density at radius 1 is 1.18 bits per heavy atom. The molecule has 0 fully saturated rings. The van der Waals surface area contributed by atoms with E-state index in [9.17, 15) is 13.2 Å². The van der Waals surface area contributed by atoms with E-state index in [4.69, 9.17) is 11.6 Å². The van der Waals surface area contributed by atoms with Crippen molar-refractivity contribution in [3.63, 3.8) is 0 Å². The Balaban J connectivity index is 2.31. The molecule has 0 saturated carbocycles. The van der Waals surface area contributed by atoms with Gasteiger partial charge < -0.3 is 5.32 Å². The maximum atomic E-state index is 13.0. The number of halogens is 1. The minimum atomic E-state index is -3.69. The Labute approximate surface area is 172 Å². The van der Waals surface area contributed by atoms with Crippen LogP contribution in [0.2, 0.25) is 5.02 Å². The fourth-order valence-electron chi connectivity index (χ4n) is 3.33. The molecule has 2 rings (SSSR count). The second kappa shape index (κ2) is 8.97. The molecule has 1 amide bonds. The molecule has 0 spiro atoms. The van der Waals surface area contributed by atoms with Gasteiger partial charge in [-0.2, -0.15) is 0 Å². The van der Waals surface area contributed by atoms with E-state index in [0.29, 0.717) is 17.1 Å². The molecule has 7 heteroatoms. The van der Waals surface area contributed by atoms with Gasteiger partial charge in [-0.25, -0.2) is 8.42 Å². The van der Waals surface area contributed by atoms with Crippen LogP contribution in [0.15, 0.2) is 42.5 Å². The highest BCUT2D eigenvalue weighted by Crippen LogP contribution is 2.26. The maximum absolute atomic E-state index is 13.0. The van der Waals surface area contributed by atoms with Crippen molar-refractivity contribution in [3.05, 3.63) is 64.2 Å². The SMILES string of the molecule is CC[C@@H](NC(=O)[C@H](C)N(c1cccc(Cl)c1)S(C)(=O)=O)c1ccc(C)cc1C. The molecule has 0 heterocycles. The number of carbonyl (C=O) groups excluding carboxylic acids is 1. The number of aryl methyl sites for hydroxylation is 2. The lowest BCUT2D eigenvalue weighted by molar-refractivity contribution is -0.122. The highest BCUT2D eigenvalue weighted by Gasteiger charge is 2.30. The van der Waals surface area contributed by atoms with Crippen molar-refractivity contribution in [2.45, 2.75) is 46.2 Å². The van der Waals surface area contributed by atoms with Gasteiger partial charge in [0.15, 0.2) is 0 Å². The normalized spacial score (nSPS) is 13.6. The molecular weight excluding hydrogens is 396 g/mol. The number of hydrogen-bond acceptors (Lipinski definition) is 3. The van der Waals surface area contributed by atoms with Gasteiger partial charge in [0.2, 0.25) is 15.9 Å². The Morgan fingerprint density at radius 3 is 2.39 bits per heavy atom. The van der Waals surface area contributed by atoms with E-state index in [1.807, 2.05) is 32.9 Å². The van der Waals surface area contributed by atoms with Crippen LogP contribution in [0.4, 0.5) is 5.69 Å². The molecule has 2 aromatic rings. The third-order valence-electron chi connectivity index (χ3n) is 4.68. The van der Waals surface area contributed by atoms with E-state index in [2.05, 4.69) is 11.4 Å². The lowest BCUT2D eigenvalue weighted by atomic mass is 9.97. The first-order valence-electron chi connectivity index (χ1n) is 9.17. The van der Waals surface area contributed by atoms with Gasteiger partial charge in [0.1, 0.15) is 6.04 Å². The minimum absolute atomic E-state index is 0.198. The topological polar surface area (TPSA) is 66.5 Å². The monoisotopic (exact) mass is 422 g/mol. The lowest BCUT2D eigenvalue weighted by Crippen LogP contribution is -2.48. The van der Waals surface area contributed by atoms with E-state index in [1.54, 1.807) is 25.1 Å². The van der Waals surface area contributed by atoms with Crippen molar-refractivity contribution >= 4 is 33.2 Å². The van der Waals surface area contributed by atoms with Gasteiger partial charge in [-0.3, -0.25) is 9.10 Å². The largest absolute Gasteiger partial charge is 0.347 e. The Bertz CT molecular complexity index is 960. The van der Waals surface area contributed by atoms with Gasteiger partial charge in [-0.1, -0.05) is 48.4 Å². The average Bonchev–Trinajstić information content (AvgIpc) is 2.59. The molecule has 2 aromatic carbocycles. The number of anilines is 1. The molecule has 152 valence electrons. The number of amides is 1. The third-order valence-corrected chi connectivity index (χ3v) is 6.15. The predicted octanol–water partition coefficient (Wildman–Crippen LogP) is 4.38. The molecule has 0 aliphatic carbocycles. The smallest absolute Gasteiger partial charge is 0.244 e. The number of nitrogens with one attached hydrogen (secondary N) is 1. The van der Waals surface area contributed by atoms with Crippen LogP contribution in [-0.2, 0) is 14.8 Å². The van der Waals surface area contributed by atoms with Crippen molar-refractivity contribution < 1.29 is 13.2 Å². The molecule has 0 bridgehead atoms. The van der Waals surface area contributed by atoms with Gasteiger partial charge in [0, 0.05) is 5.02 Å². The molecule has 28 heavy (non-hydrogen) atoms. The number of carbonyl (C=O) groups is 1. The Morgan fingerprint density at radius 2 is 1.86 bits per heavy atom. The highest BCUT2D eigenvalue weighted by atomic mass is 35.5. The van der Waals surface area contributed by atoms with Crippen molar-refractivity contribution in [2.75, 3.05) is 10.6 Å². The summed E-state index contributed by atoms with van der Waals surface area (Å²) in [5.41, 5.74) is 3.63. The number of benzene rings is 2. The summed E-state index contributed by atoms with van der Waals surface area (Å²) >= 11 is 6.02. The summed E-state index contributed by atoms with van der Waals surface area (Å²) in [5, 5.41) is 3.41.